The fourth-order valence-corrected chi connectivity index (χ4v) is 1.57. The van der Waals surface area contributed by atoms with E-state index in [1.807, 2.05) is 0 Å². The Bertz CT molecular complexity index is 294. The van der Waals surface area contributed by atoms with Crippen molar-refractivity contribution in [3.8, 4) is 5.75 Å². The van der Waals surface area contributed by atoms with Crippen LogP contribution in [0.5, 0.6) is 5.75 Å². The fraction of sp³-hybridized carbons (Fsp3) is 0.571. The molecule has 0 radical (unpaired) electrons. The van der Waals surface area contributed by atoms with Gasteiger partial charge < -0.3 is 10.1 Å². The first-order valence-corrected chi connectivity index (χ1v) is 6.17. The van der Waals surface area contributed by atoms with E-state index >= 15 is 0 Å². The van der Waals surface area contributed by atoms with Crippen LogP contribution in [0.3, 0.4) is 0 Å². The molecule has 1 aromatic carbocycles. The summed E-state index contributed by atoms with van der Waals surface area (Å²) >= 11 is 0. The molecule has 1 N–H and O–H groups in total. The summed E-state index contributed by atoms with van der Waals surface area (Å²) in [6.07, 6.45) is 1.33. The molecule has 0 aromatic heterocycles. The third-order valence-corrected chi connectivity index (χ3v) is 2.80. The molecule has 0 aliphatic carbocycles. The van der Waals surface area contributed by atoms with E-state index in [9.17, 15) is 0 Å². The van der Waals surface area contributed by atoms with Gasteiger partial charge in [-0.25, -0.2) is 0 Å². The van der Waals surface area contributed by atoms with Crippen LogP contribution in [0, 0.1) is 0 Å². The van der Waals surface area contributed by atoms with E-state index in [4.69, 9.17) is 4.74 Å². The van der Waals surface area contributed by atoms with Crippen LogP contribution in [0.25, 0.3) is 0 Å². The lowest BCUT2D eigenvalue weighted by molar-refractivity contribution is 0.217. The second-order valence-corrected chi connectivity index (χ2v) is 4.19. The molecular weight excluding hydrogens is 198 g/mol. The average molecular weight is 221 g/mol. The van der Waals surface area contributed by atoms with Crippen molar-refractivity contribution in [3.05, 3.63) is 29.8 Å². The van der Waals surface area contributed by atoms with Crippen LogP contribution >= 0.6 is 0 Å². The first kappa shape index (κ1) is 13.0. The van der Waals surface area contributed by atoms with Gasteiger partial charge in [0.2, 0.25) is 0 Å². The summed E-state index contributed by atoms with van der Waals surface area (Å²) in [4.78, 5) is 0. The van der Waals surface area contributed by atoms with Crippen LogP contribution in [0.2, 0.25) is 0 Å². The maximum Gasteiger partial charge on any atom is 0.119 e. The van der Waals surface area contributed by atoms with E-state index in [2.05, 4.69) is 57.3 Å². The normalized spacial score (nSPS) is 14.5. The van der Waals surface area contributed by atoms with Crippen LogP contribution in [0.1, 0.15) is 45.7 Å². The molecule has 0 saturated carbocycles. The van der Waals surface area contributed by atoms with Gasteiger partial charge in [-0.1, -0.05) is 26.0 Å². The highest BCUT2D eigenvalue weighted by atomic mass is 16.5. The molecule has 0 fully saturated rings. The van der Waals surface area contributed by atoms with Gasteiger partial charge in [-0.2, -0.15) is 0 Å². The smallest absolute Gasteiger partial charge is 0.119 e. The number of nitrogens with one attached hydrogen (secondary N) is 1. The van der Waals surface area contributed by atoms with Gasteiger partial charge >= 0.3 is 0 Å². The highest BCUT2D eigenvalue weighted by Gasteiger charge is 2.04. The van der Waals surface area contributed by atoms with Gasteiger partial charge in [0.1, 0.15) is 5.75 Å². The second-order valence-electron chi connectivity index (χ2n) is 4.19. The van der Waals surface area contributed by atoms with Crippen molar-refractivity contribution < 1.29 is 4.74 Å². The van der Waals surface area contributed by atoms with Gasteiger partial charge in [-0.3, -0.25) is 0 Å². The molecule has 16 heavy (non-hydrogen) atoms. The summed E-state index contributed by atoms with van der Waals surface area (Å²) in [5.74, 6) is 0.960. The summed E-state index contributed by atoms with van der Waals surface area (Å²) in [5.41, 5.74) is 1.30. The van der Waals surface area contributed by atoms with Gasteiger partial charge in [0.15, 0.2) is 0 Å². The lowest BCUT2D eigenvalue weighted by atomic mass is 10.1. The van der Waals surface area contributed by atoms with Crippen molar-refractivity contribution in [2.75, 3.05) is 6.54 Å². The minimum atomic E-state index is 0.289. The third kappa shape index (κ3) is 3.86. The SMILES string of the molecule is CCN[C@H](C)c1ccc(O[C@@H](C)CC)cc1. The van der Waals surface area contributed by atoms with Gasteiger partial charge in [0.25, 0.3) is 0 Å². The maximum atomic E-state index is 5.74. The van der Waals surface area contributed by atoms with Crippen LogP contribution in [0.4, 0.5) is 0 Å². The molecule has 2 heteroatoms. The van der Waals surface area contributed by atoms with Crippen LogP contribution in [0.15, 0.2) is 24.3 Å². The highest BCUT2D eigenvalue weighted by Crippen LogP contribution is 2.18. The topological polar surface area (TPSA) is 21.3 Å². The van der Waals surface area contributed by atoms with Gasteiger partial charge in [-0.05, 0) is 44.5 Å². The Morgan fingerprint density at radius 2 is 1.75 bits per heavy atom. The quantitative estimate of drug-likeness (QED) is 0.793. The molecule has 0 heterocycles. The van der Waals surface area contributed by atoms with Crippen molar-refractivity contribution in [1.29, 1.82) is 0 Å². The molecule has 0 spiro atoms. The van der Waals surface area contributed by atoms with Crippen molar-refractivity contribution in [3.63, 3.8) is 0 Å². The summed E-state index contributed by atoms with van der Waals surface area (Å²) < 4.78 is 5.74. The molecule has 1 rings (SSSR count). The monoisotopic (exact) mass is 221 g/mol. The molecule has 1 aromatic rings. The molecule has 2 nitrogen and oxygen atoms in total. The van der Waals surface area contributed by atoms with Gasteiger partial charge in [0.05, 0.1) is 6.10 Å². The Morgan fingerprint density at radius 1 is 1.12 bits per heavy atom. The lowest BCUT2D eigenvalue weighted by Crippen LogP contribution is -2.17. The summed E-state index contributed by atoms with van der Waals surface area (Å²) in [6, 6.07) is 8.77. The molecule has 90 valence electrons. The second kappa shape index (κ2) is 6.54. The van der Waals surface area contributed by atoms with Crippen LogP contribution < -0.4 is 10.1 Å². The number of hydrogen-bond acceptors (Lipinski definition) is 2. The third-order valence-electron chi connectivity index (χ3n) is 2.80. The minimum absolute atomic E-state index is 0.289. The molecule has 0 saturated heterocycles. The van der Waals surface area contributed by atoms with Crippen LogP contribution in [-0.4, -0.2) is 12.6 Å². The molecular formula is C14H23NO. The number of rotatable bonds is 6. The summed E-state index contributed by atoms with van der Waals surface area (Å²) in [6.45, 7) is 9.51. The molecule has 0 unspecified atom stereocenters. The van der Waals surface area contributed by atoms with Gasteiger partial charge in [0, 0.05) is 6.04 Å². The van der Waals surface area contributed by atoms with E-state index in [0.29, 0.717) is 6.04 Å². The molecule has 0 amide bonds. The number of benzene rings is 1. The average Bonchev–Trinajstić information content (AvgIpc) is 2.30. The van der Waals surface area contributed by atoms with E-state index in [-0.39, 0.29) is 6.10 Å². The minimum Gasteiger partial charge on any atom is -0.491 e. The zero-order chi connectivity index (χ0) is 12.0. The van der Waals surface area contributed by atoms with E-state index < -0.39 is 0 Å². The van der Waals surface area contributed by atoms with Crippen molar-refractivity contribution in [2.24, 2.45) is 0 Å². The van der Waals surface area contributed by atoms with E-state index in [1.165, 1.54) is 5.56 Å². The molecule has 2 atom stereocenters. The first-order valence-electron chi connectivity index (χ1n) is 6.17. The summed E-state index contributed by atoms with van der Waals surface area (Å²) in [5, 5.41) is 3.39. The summed E-state index contributed by atoms with van der Waals surface area (Å²) in [7, 11) is 0. The Labute approximate surface area is 99.0 Å². The zero-order valence-corrected chi connectivity index (χ0v) is 10.8. The van der Waals surface area contributed by atoms with Gasteiger partial charge in [-0.15, -0.1) is 0 Å². The standard InChI is InChI=1S/C14H23NO/c1-5-11(3)16-14-9-7-13(8-10-14)12(4)15-6-2/h7-12,15H,5-6H2,1-4H3/t11-,12+/m0/s1. The van der Waals surface area contributed by atoms with Crippen molar-refractivity contribution >= 4 is 0 Å². The Hall–Kier alpha value is -1.02. The molecule has 0 aliphatic heterocycles. The zero-order valence-electron chi connectivity index (χ0n) is 10.8. The maximum absolute atomic E-state index is 5.74. The predicted octanol–water partition coefficient (Wildman–Crippen LogP) is 3.53. The number of ether oxygens (including phenoxy) is 1. The predicted molar refractivity (Wildman–Crippen MR) is 68.9 cm³/mol. The van der Waals surface area contributed by atoms with E-state index in [1.54, 1.807) is 0 Å². The van der Waals surface area contributed by atoms with Crippen molar-refractivity contribution in [2.45, 2.75) is 46.3 Å². The van der Waals surface area contributed by atoms with E-state index in [0.717, 1.165) is 18.7 Å². The Balaban J connectivity index is 2.60. The molecule has 0 aliphatic rings. The molecule has 0 bridgehead atoms. The van der Waals surface area contributed by atoms with Crippen LogP contribution in [-0.2, 0) is 0 Å². The first-order chi connectivity index (χ1) is 7.67. The fourth-order valence-electron chi connectivity index (χ4n) is 1.57. The Morgan fingerprint density at radius 3 is 2.25 bits per heavy atom. The largest absolute Gasteiger partial charge is 0.491 e. The number of hydrogen-bond donors (Lipinski definition) is 1. The highest BCUT2D eigenvalue weighted by molar-refractivity contribution is 5.29. The Kier molecular flexibility index (Phi) is 5.33. The van der Waals surface area contributed by atoms with Crippen molar-refractivity contribution in [1.82, 2.24) is 5.32 Å². The lowest BCUT2D eigenvalue weighted by Gasteiger charge is -2.15.